The highest BCUT2D eigenvalue weighted by molar-refractivity contribution is 8.55. The zero-order chi connectivity index (χ0) is 13.4. The molecule has 0 aliphatic carbocycles. The zero-order valence-corrected chi connectivity index (χ0v) is 12.5. The average Bonchev–Trinajstić information content (AvgIpc) is 2.38. The minimum atomic E-state index is -3.11. The molecular formula is C13H19O3PS. The Morgan fingerprint density at radius 3 is 2.28 bits per heavy atom. The Bertz CT molecular complexity index is 398. The van der Waals surface area contributed by atoms with Crippen LogP contribution >= 0.6 is 18.2 Å². The van der Waals surface area contributed by atoms with Crippen LogP contribution in [0.3, 0.4) is 0 Å². The summed E-state index contributed by atoms with van der Waals surface area (Å²) in [6.45, 7) is 5.01. The molecule has 0 aromatic heterocycles. The van der Waals surface area contributed by atoms with E-state index in [4.69, 9.17) is 9.05 Å². The molecule has 0 saturated carbocycles. The molecule has 5 heteroatoms. The highest BCUT2D eigenvalue weighted by Crippen LogP contribution is 2.65. The van der Waals surface area contributed by atoms with Crippen LogP contribution in [-0.4, -0.2) is 13.2 Å². The molecule has 1 atom stereocenters. The molecule has 1 unspecified atom stereocenters. The Kier molecular flexibility index (Phi) is 6.72. The largest absolute Gasteiger partial charge is 0.390 e. The molecule has 0 aliphatic rings. The fourth-order valence-electron chi connectivity index (χ4n) is 1.44. The van der Waals surface area contributed by atoms with Crippen LogP contribution in [0.5, 0.6) is 0 Å². The first-order valence-corrected chi connectivity index (χ1v) is 8.93. The third-order valence-corrected chi connectivity index (χ3v) is 6.35. The molecule has 100 valence electrons. The predicted molar refractivity (Wildman–Crippen MR) is 77.8 cm³/mol. The number of hydrogen-bond donors (Lipinski definition) is 0. The fourth-order valence-corrected chi connectivity index (χ4v) is 5.36. The van der Waals surface area contributed by atoms with Gasteiger partial charge in [0.25, 0.3) is 0 Å². The lowest BCUT2D eigenvalue weighted by Crippen LogP contribution is -1.96. The Hall–Kier alpha value is -0.540. The smallest absolute Gasteiger partial charge is 0.301 e. The molecule has 0 radical (unpaired) electrons. The predicted octanol–water partition coefficient (Wildman–Crippen LogP) is 4.83. The molecule has 0 heterocycles. The van der Waals surface area contributed by atoms with Gasteiger partial charge in [0.15, 0.2) is 0 Å². The van der Waals surface area contributed by atoms with Gasteiger partial charge in [-0.1, -0.05) is 36.4 Å². The lowest BCUT2D eigenvalue weighted by Gasteiger charge is -2.20. The van der Waals surface area contributed by atoms with E-state index in [-0.39, 0.29) is 5.25 Å². The first-order chi connectivity index (χ1) is 8.65. The summed E-state index contributed by atoms with van der Waals surface area (Å²) in [6, 6.07) is 9.78. The van der Waals surface area contributed by atoms with Gasteiger partial charge in [-0.15, -0.1) is 6.58 Å². The highest BCUT2D eigenvalue weighted by atomic mass is 32.7. The second kappa shape index (κ2) is 7.80. The molecule has 1 rings (SSSR count). The molecule has 3 nitrogen and oxygen atoms in total. The van der Waals surface area contributed by atoms with Gasteiger partial charge in [0.05, 0.1) is 18.5 Å². The van der Waals surface area contributed by atoms with Gasteiger partial charge in [0.2, 0.25) is 0 Å². The van der Waals surface area contributed by atoms with E-state index < -0.39 is 6.80 Å². The van der Waals surface area contributed by atoms with Crippen molar-refractivity contribution in [2.24, 2.45) is 0 Å². The van der Waals surface area contributed by atoms with Gasteiger partial charge in [-0.2, -0.15) is 0 Å². The molecule has 1 aromatic carbocycles. The molecule has 1 aromatic rings. The van der Waals surface area contributed by atoms with Crippen molar-refractivity contribution in [1.82, 2.24) is 0 Å². The summed E-state index contributed by atoms with van der Waals surface area (Å²) in [5.74, 6) is 0. The number of hydrogen-bond acceptors (Lipinski definition) is 4. The minimum absolute atomic E-state index is 0.102. The van der Waals surface area contributed by atoms with E-state index >= 15 is 0 Å². The minimum Gasteiger partial charge on any atom is -0.301 e. The molecule has 18 heavy (non-hydrogen) atoms. The van der Waals surface area contributed by atoms with Crippen molar-refractivity contribution in [3.8, 4) is 0 Å². The van der Waals surface area contributed by atoms with Crippen LogP contribution < -0.4 is 0 Å². The summed E-state index contributed by atoms with van der Waals surface area (Å²) >= 11 is 1.19. The van der Waals surface area contributed by atoms with Crippen LogP contribution in [-0.2, 0) is 13.6 Å². The fraction of sp³-hybridized carbons (Fsp3) is 0.385. The third-order valence-electron chi connectivity index (χ3n) is 2.16. The maximum atomic E-state index is 12.4. The highest BCUT2D eigenvalue weighted by Gasteiger charge is 2.29. The number of rotatable bonds is 8. The monoisotopic (exact) mass is 286 g/mol. The normalized spacial score (nSPS) is 13.2. The zero-order valence-electron chi connectivity index (χ0n) is 10.7. The molecule has 0 aliphatic heterocycles. The Morgan fingerprint density at radius 1 is 1.28 bits per heavy atom. The van der Waals surface area contributed by atoms with Crippen LogP contribution in [0, 0.1) is 0 Å². The van der Waals surface area contributed by atoms with Gasteiger partial charge in [0.1, 0.15) is 0 Å². The first kappa shape index (κ1) is 15.5. The van der Waals surface area contributed by atoms with Gasteiger partial charge in [0, 0.05) is 0 Å². The van der Waals surface area contributed by atoms with E-state index in [1.54, 1.807) is 19.9 Å². The van der Waals surface area contributed by atoms with Crippen molar-refractivity contribution < 1.29 is 13.6 Å². The maximum Gasteiger partial charge on any atom is 0.390 e. The van der Waals surface area contributed by atoms with E-state index in [9.17, 15) is 4.57 Å². The van der Waals surface area contributed by atoms with Crippen molar-refractivity contribution in [3.63, 3.8) is 0 Å². The van der Waals surface area contributed by atoms with E-state index in [0.29, 0.717) is 13.2 Å². The van der Waals surface area contributed by atoms with Crippen molar-refractivity contribution in [2.75, 3.05) is 13.2 Å². The van der Waals surface area contributed by atoms with Crippen LogP contribution in [0.2, 0.25) is 0 Å². The molecule has 0 amide bonds. The SMILES string of the molecule is C=CC(SP(=O)(OCC)OCC)c1ccccc1. The van der Waals surface area contributed by atoms with Crippen molar-refractivity contribution in [3.05, 3.63) is 48.6 Å². The van der Waals surface area contributed by atoms with Crippen LogP contribution in [0.1, 0.15) is 24.7 Å². The molecule has 0 saturated heterocycles. The van der Waals surface area contributed by atoms with Crippen molar-refractivity contribution >= 4 is 18.2 Å². The lowest BCUT2D eigenvalue weighted by molar-refractivity contribution is 0.237. The van der Waals surface area contributed by atoms with E-state index in [0.717, 1.165) is 5.56 Å². The van der Waals surface area contributed by atoms with Crippen LogP contribution in [0.25, 0.3) is 0 Å². The third kappa shape index (κ3) is 4.62. The first-order valence-electron chi connectivity index (χ1n) is 5.90. The molecule has 0 spiro atoms. The summed E-state index contributed by atoms with van der Waals surface area (Å²) < 4.78 is 23.0. The molecule has 0 bridgehead atoms. The topological polar surface area (TPSA) is 35.5 Å². The van der Waals surface area contributed by atoms with E-state index in [1.165, 1.54) is 11.4 Å². The Balaban J connectivity index is 2.84. The standard InChI is InChI=1S/C13H19O3PS/c1-4-13(12-10-8-7-9-11-12)18-17(14,15-5-2)16-6-3/h4,7-11,13H,1,5-6H2,2-3H3. The Labute approximate surface area is 113 Å². The number of benzene rings is 1. The summed E-state index contributed by atoms with van der Waals surface area (Å²) in [5, 5.41) is -0.102. The van der Waals surface area contributed by atoms with E-state index in [1.807, 2.05) is 30.3 Å². The maximum absolute atomic E-state index is 12.4. The summed E-state index contributed by atoms with van der Waals surface area (Å²) in [7, 11) is 0. The van der Waals surface area contributed by atoms with Gasteiger partial charge in [-0.3, -0.25) is 0 Å². The second-order valence-corrected chi connectivity index (χ2v) is 7.56. The summed E-state index contributed by atoms with van der Waals surface area (Å²) in [6.07, 6.45) is 1.75. The summed E-state index contributed by atoms with van der Waals surface area (Å²) in [5.41, 5.74) is 1.04. The van der Waals surface area contributed by atoms with Crippen molar-refractivity contribution in [2.45, 2.75) is 19.1 Å². The quantitative estimate of drug-likeness (QED) is 0.506. The van der Waals surface area contributed by atoms with E-state index in [2.05, 4.69) is 6.58 Å². The van der Waals surface area contributed by atoms with Gasteiger partial charge in [-0.25, -0.2) is 4.57 Å². The summed E-state index contributed by atoms with van der Waals surface area (Å²) in [4.78, 5) is 0. The van der Waals surface area contributed by atoms with Crippen LogP contribution in [0.4, 0.5) is 0 Å². The van der Waals surface area contributed by atoms with Gasteiger partial charge >= 0.3 is 6.80 Å². The van der Waals surface area contributed by atoms with Gasteiger partial charge in [-0.05, 0) is 30.8 Å². The Morgan fingerprint density at radius 2 is 1.83 bits per heavy atom. The van der Waals surface area contributed by atoms with Gasteiger partial charge < -0.3 is 9.05 Å². The van der Waals surface area contributed by atoms with Crippen LogP contribution in [0.15, 0.2) is 43.0 Å². The molecule has 0 fully saturated rings. The molecular weight excluding hydrogens is 267 g/mol. The molecule has 0 N–H and O–H groups in total. The second-order valence-electron chi connectivity index (χ2n) is 3.46. The van der Waals surface area contributed by atoms with Crippen molar-refractivity contribution in [1.29, 1.82) is 0 Å². The average molecular weight is 286 g/mol. The lowest BCUT2D eigenvalue weighted by atomic mass is 10.1.